The highest BCUT2D eigenvalue weighted by Gasteiger charge is 2.26. The summed E-state index contributed by atoms with van der Waals surface area (Å²) in [6.07, 6.45) is 0. The van der Waals surface area contributed by atoms with Gasteiger partial charge in [-0.15, -0.1) is 18.9 Å². The van der Waals surface area contributed by atoms with Crippen molar-refractivity contribution in [1.29, 1.82) is 0 Å². The molecule has 0 unspecified atom stereocenters. The quantitative estimate of drug-likeness (QED) is 0.0137. The monoisotopic (exact) mass is 772 g/mol. The van der Waals surface area contributed by atoms with Crippen LogP contribution in [0.5, 0.6) is 5.75 Å². The second-order valence-corrected chi connectivity index (χ2v) is 14.2. The van der Waals surface area contributed by atoms with E-state index in [0.717, 1.165) is 6.07 Å². The van der Waals surface area contributed by atoms with E-state index >= 15 is 0 Å². The molecule has 4 aromatic rings. The maximum atomic E-state index is 12.6. The number of amides is 1. The van der Waals surface area contributed by atoms with Gasteiger partial charge in [-0.1, -0.05) is 10.1 Å². The zero-order valence-corrected chi connectivity index (χ0v) is 28.3. The van der Waals surface area contributed by atoms with Crippen LogP contribution in [0.25, 0.3) is 10.8 Å². The fourth-order valence-electron chi connectivity index (χ4n) is 4.10. The summed E-state index contributed by atoms with van der Waals surface area (Å²) in [5, 5.41) is 53.3. The average molecular weight is 773 g/mol. The lowest BCUT2D eigenvalue weighted by Crippen LogP contribution is -2.10. The Morgan fingerprint density at radius 1 is 0.880 bits per heavy atom. The fraction of sp³-hybridized carbons (Fsp3) is 0.115. The zero-order chi connectivity index (χ0) is 36.5. The highest BCUT2D eigenvalue weighted by Crippen LogP contribution is 2.49. The first-order valence-corrected chi connectivity index (χ1v) is 17.8. The van der Waals surface area contributed by atoms with Crippen LogP contribution in [-0.4, -0.2) is 55.3 Å². The molecule has 7 N–H and O–H groups in total. The van der Waals surface area contributed by atoms with Crippen molar-refractivity contribution >= 4 is 95.1 Å². The Morgan fingerprint density at radius 2 is 1.48 bits per heavy atom. The lowest BCUT2D eigenvalue weighted by Gasteiger charge is -2.14. The van der Waals surface area contributed by atoms with Crippen molar-refractivity contribution in [3.63, 3.8) is 0 Å². The number of aromatic hydroxyl groups is 1. The van der Waals surface area contributed by atoms with Gasteiger partial charge in [0, 0.05) is 12.6 Å². The summed E-state index contributed by atoms with van der Waals surface area (Å²) >= 11 is 0.603. The average Bonchev–Trinajstić information content (AvgIpc) is 3.06. The zero-order valence-electron chi connectivity index (χ0n) is 25.1. The highest BCUT2D eigenvalue weighted by atomic mass is 32.2. The Hall–Kier alpha value is -4.31. The van der Waals surface area contributed by atoms with Crippen molar-refractivity contribution in [1.82, 2.24) is 0 Å². The van der Waals surface area contributed by atoms with E-state index in [2.05, 4.69) is 44.5 Å². The fourth-order valence-corrected chi connectivity index (χ4v) is 6.68. The first-order valence-electron chi connectivity index (χ1n) is 13.3. The number of nitrogens with one attached hydrogen (secondary N) is 1. The summed E-state index contributed by atoms with van der Waals surface area (Å²) in [7, 11) is -8.81. The van der Waals surface area contributed by atoms with Gasteiger partial charge in [0.1, 0.15) is 16.3 Å². The number of phenols is 1. The molecule has 1 amide bonds. The molecule has 24 heteroatoms. The Morgan fingerprint density at radius 3 is 2.06 bits per heavy atom. The minimum Gasteiger partial charge on any atom is -0.505 e. The van der Waals surface area contributed by atoms with Gasteiger partial charge in [-0.3, -0.25) is 13.5 Å². The lowest BCUT2D eigenvalue weighted by atomic mass is 10.1. The SMILES string of the molecule is CC(=O)Nc1ccc(N=Nc2c(S(=O)(=O)O)cc3cc(SOOO)c(N=Nc4ccc(S(=O)(=O)CCOSOOO)cc4)c(N)c3c2O)cc1. The van der Waals surface area contributed by atoms with Crippen molar-refractivity contribution in [2.45, 2.75) is 21.6 Å². The van der Waals surface area contributed by atoms with Crippen molar-refractivity contribution < 1.29 is 64.7 Å². The normalized spacial score (nSPS) is 12.3. The van der Waals surface area contributed by atoms with Crippen LogP contribution in [0.1, 0.15) is 6.92 Å². The molecule has 0 saturated carbocycles. The van der Waals surface area contributed by atoms with E-state index in [1.54, 1.807) is 0 Å². The third-order valence-electron chi connectivity index (χ3n) is 6.20. The standard InChI is InChI=1S/C26H24N6O14S4/c1-14(33)28-16-2-4-17(5-3-16)30-32-25-21(50(39,40)41)13-15-12-20(47-45-43-35)24(23(27)22(15)26(25)34)31-29-18-6-8-19(9-7-18)49(37,38)11-10-42-48-46-44-36/h2-9,12-13,34-36H,10-11,27H2,1H3,(H,28,33)(H,39,40,41). The molecule has 0 heterocycles. The molecule has 0 aliphatic heterocycles. The molecule has 0 radical (unpaired) electrons. The minimum atomic E-state index is -5.01. The molecule has 50 heavy (non-hydrogen) atoms. The lowest BCUT2D eigenvalue weighted by molar-refractivity contribution is -0.434. The summed E-state index contributed by atoms with van der Waals surface area (Å²) in [6, 6.07) is 13.2. The number of phenolic OH excluding ortho intramolecular Hbond substituents is 1. The van der Waals surface area contributed by atoms with Gasteiger partial charge in [0.25, 0.3) is 10.1 Å². The van der Waals surface area contributed by atoms with Crippen molar-refractivity contribution in [2.75, 3.05) is 23.4 Å². The molecule has 0 saturated heterocycles. The van der Waals surface area contributed by atoms with Gasteiger partial charge in [-0.25, -0.2) is 18.9 Å². The Balaban J connectivity index is 1.74. The summed E-state index contributed by atoms with van der Waals surface area (Å²) in [5.41, 5.74) is 6.01. The molecule has 0 spiro atoms. The minimum absolute atomic E-state index is 0.0187. The number of benzene rings is 4. The Bertz CT molecular complexity index is 2130. The Labute approximate surface area is 290 Å². The van der Waals surface area contributed by atoms with E-state index in [1.165, 1.54) is 61.5 Å². The second kappa shape index (κ2) is 17.1. The van der Waals surface area contributed by atoms with Gasteiger partial charge in [0.05, 0.1) is 56.6 Å². The summed E-state index contributed by atoms with van der Waals surface area (Å²) in [4.78, 5) is 10.3. The number of carbonyl (C=O) groups excluding carboxylic acids is 1. The topological polar surface area (TPSA) is 300 Å². The molecule has 4 rings (SSSR count). The summed E-state index contributed by atoms with van der Waals surface area (Å²) < 4.78 is 73.1. The number of hydrogen-bond donors (Lipinski definition) is 6. The van der Waals surface area contributed by atoms with Crippen LogP contribution in [0.4, 0.5) is 34.1 Å². The molecule has 0 aliphatic carbocycles. The number of azo groups is 2. The summed E-state index contributed by atoms with van der Waals surface area (Å²) in [6.45, 7) is 1.02. The molecule has 0 aromatic heterocycles. The number of sulfone groups is 1. The van der Waals surface area contributed by atoms with Crippen LogP contribution < -0.4 is 11.1 Å². The van der Waals surface area contributed by atoms with Crippen molar-refractivity contribution in [3.05, 3.63) is 60.7 Å². The molecular weight excluding hydrogens is 749 g/mol. The van der Waals surface area contributed by atoms with Crippen LogP contribution in [0.15, 0.2) is 95.8 Å². The van der Waals surface area contributed by atoms with Gasteiger partial charge in [0.2, 0.25) is 5.91 Å². The van der Waals surface area contributed by atoms with Crippen LogP contribution >= 0.6 is 24.4 Å². The molecule has 0 atom stereocenters. The number of nitrogens with two attached hydrogens (primary N) is 1. The van der Waals surface area contributed by atoms with Crippen molar-refractivity contribution in [3.8, 4) is 5.75 Å². The number of carbonyl (C=O) groups is 1. The van der Waals surface area contributed by atoms with E-state index in [9.17, 15) is 31.3 Å². The van der Waals surface area contributed by atoms with Crippen molar-refractivity contribution in [2.24, 2.45) is 20.5 Å². The van der Waals surface area contributed by atoms with E-state index in [1.807, 2.05) is 0 Å². The maximum Gasteiger partial charge on any atom is 0.296 e. The number of fused-ring (bicyclic) bond motifs is 1. The molecule has 0 bridgehead atoms. The van der Waals surface area contributed by atoms with E-state index < -0.39 is 42.0 Å². The first kappa shape index (κ1) is 38.5. The largest absolute Gasteiger partial charge is 0.505 e. The predicted molar refractivity (Wildman–Crippen MR) is 176 cm³/mol. The third-order valence-corrected chi connectivity index (χ3v) is 9.76. The maximum absolute atomic E-state index is 12.6. The number of nitrogens with zero attached hydrogens (tertiary/aromatic N) is 4. The van der Waals surface area contributed by atoms with Gasteiger partial charge < -0.3 is 16.2 Å². The number of anilines is 2. The molecule has 0 aliphatic rings. The van der Waals surface area contributed by atoms with Crippen LogP contribution in [-0.2, 0) is 47.7 Å². The number of hydrogen-bond acceptors (Lipinski definition) is 20. The van der Waals surface area contributed by atoms with Crippen LogP contribution in [0.2, 0.25) is 0 Å². The first-order chi connectivity index (χ1) is 23.7. The third kappa shape index (κ3) is 9.90. The molecule has 0 fully saturated rings. The number of nitrogen functional groups attached to an aromatic ring is 1. The van der Waals surface area contributed by atoms with E-state index in [4.69, 9.17) is 20.4 Å². The molecule has 20 nitrogen and oxygen atoms in total. The highest BCUT2D eigenvalue weighted by molar-refractivity contribution is 7.94. The van der Waals surface area contributed by atoms with Gasteiger partial charge in [-0.05, 0) is 66.0 Å². The predicted octanol–water partition coefficient (Wildman–Crippen LogP) is 6.37. The smallest absolute Gasteiger partial charge is 0.296 e. The van der Waals surface area contributed by atoms with Crippen LogP contribution in [0, 0.1) is 0 Å². The number of rotatable bonds is 16. The molecular formula is C26H24N6O14S4. The van der Waals surface area contributed by atoms with E-state index in [0.29, 0.717) is 17.7 Å². The molecule has 4 aromatic carbocycles. The summed E-state index contributed by atoms with van der Waals surface area (Å²) in [5.74, 6) is -1.56. The van der Waals surface area contributed by atoms with E-state index in [-0.39, 0.29) is 68.2 Å². The van der Waals surface area contributed by atoms with Gasteiger partial charge in [-0.2, -0.15) is 18.6 Å². The van der Waals surface area contributed by atoms with Gasteiger partial charge >= 0.3 is 0 Å². The van der Waals surface area contributed by atoms with Crippen LogP contribution in [0.3, 0.4) is 0 Å². The van der Waals surface area contributed by atoms with Gasteiger partial charge in [0.15, 0.2) is 27.9 Å². The second-order valence-electron chi connectivity index (χ2n) is 9.48. The Kier molecular flexibility index (Phi) is 13.1. The molecule has 266 valence electrons.